The van der Waals surface area contributed by atoms with Crippen molar-refractivity contribution in [3.63, 3.8) is 0 Å². The van der Waals surface area contributed by atoms with Gasteiger partial charge in [0.2, 0.25) is 15.9 Å². The Morgan fingerprint density at radius 2 is 1.61 bits per heavy atom. The third kappa shape index (κ3) is 3.07. The van der Waals surface area contributed by atoms with Crippen molar-refractivity contribution in [3.05, 3.63) is 58.6 Å². The number of carbonyl (C=O) groups is 1. The third-order valence-electron chi connectivity index (χ3n) is 3.48. The van der Waals surface area contributed by atoms with Gasteiger partial charge in [0.15, 0.2) is 0 Å². The number of halogens is 2. The summed E-state index contributed by atoms with van der Waals surface area (Å²) in [6.07, 6.45) is 0. The Labute approximate surface area is 143 Å². The monoisotopic (exact) mass is 370 g/mol. The fourth-order valence-electron chi connectivity index (χ4n) is 2.34. The Kier molecular flexibility index (Phi) is 4.33. The van der Waals surface area contributed by atoms with Gasteiger partial charge >= 0.3 is 0 Å². The molecule has 0 aliphatic carbocycles. The summed E-state index contributed by atoms with van der Waals surface area (Å²) in [6.45, 7) is 0.254. The Morgan fingerprint density at radius 3 is 2.17 bits per heavy atom. The number of sulfonamides is 1. The van der Waals surface area contributed by atoms with Crippen molar-refractivity contribution in [2.75, 3.05) is 11.4 Å². The molecule has 120 valence electrons. The number of anilines is 1. The van der Waals surface area contributed by atoms with Crippen molar-refractivity contribution >= 4 is 44.8 Å². The van der Waals surface area contributed by atoms with Crippen molar-refractivity contribution in [2.24, 2.45) is 0 Å². The van der Waals surface area contributed by atoms with Crippen LogP contribution >= 0.6 is 23.2 Å². The molecule has 3 rings (SSSR count). The third-order valence-corrected chi connectivity index (χ3v) is 5.91. The zero-order valence-electron chi connectivity index (χ0n) is 11.7. The zero-order valence-corrected chi connectivity index (χ0v) is 14.1. The molecule has 0 saturated carbocycles. The number of carbonyl (C=O) groups excluding carboxylic acids is 1. The predicted molar refractivity (Wildman–Crippen MR) is 89.4 cm³/mol. The van der Waals surface area contributed by atoms with E-state index >= 15 is 0 Å². The molecule has 1 atom stereocenters. The van der Waals surface area contributed by atoms with E-state index in [1.54, 1.807) is 18.2 Å². The number of amides is 1. The number of hydrogen-bond donors (Lipinski definition) is 1. The number of nitrogens with one attached hydrogen (secondary N) is 1. The van der Waals surface area contributed by atoms with E-state index in [-0.39, 0.29) is 27.4 Å². The summed E-state index contributed by atoms with van der Waals surface area (Å²) in [7, 11) is -3.98. The molecule has 2 aromatic rings. The molecular formula is C15H12Cl2N2O3S. The minimum Gasteiger partial charge on any atom is -0.309 e. The normalized spacial score (nSPS) is 17.9. The van der Waals surface area contributed by atoms with Gasteiger partial charge in [-0.25, -0.2) is 8.42 Å². The highest BCUT2D eigenvalue weighted by Crippen LogP contribution is 2.30. The molecule has 1 saturated heterocycles. The molecule has 1 heterocycles. The first-order valence-electron chi connectivity index (χ1n) is 6.73. The van der Waals surface area contributed by atoms with E-state index in [0.29, 0.717) is 0 Å². The van der Waals surface area contributed by atoms with Gasteiger partial charge in [0.05, 0.1) is 16.6 Å². The number of nitrogens with zero attached hydrogens (tertiary/aromatic N) is 1. The molecule has 0 bridgehead atoms. The van der Waals surface area contributed by atoms with Crippen molar-refractivity contribution in [2.45, 2.75) is 10.9 Å². The van der Waals surface area contributed by atoms with Crippen molar-refractivity contribution < 1.29 is 13.2 Å². The lowest BCUT2D eigenvalue weighted by Crippen LogP contribution is -2.64. The summed E-state index contributed by atoms with van der Waals surface area (Å²) in [5.74, 6) is -0.317. The first kappa shape index (κ1) is 16.3. The number of β-lactam (4-membered cyclic amide) rings is 1. The second kappa shape index (κ2) is 6.13. The number of benzene rings is 2. The van der Waals surface area contributed by atoms with Crippen LogP contribution in [0.2, 0.25) is 10.0 Å². The van der Waals surface area contributed by atoms with E-state index < -0.39 is 16.1 Å². The molecule has 8 heteroatoms. The van der Waals surface area contributed by atoms with Gasteiger partial charge in [-0.3, -0.25) is 4.79 Å². The fourth-order valence-corrected chi connectivity index (χ4v) is 4.66. The molecule has 1 aliphatic heterocycles. The smallest absolute Gasteiger partial charge is 0.247 e. The Balaban J connectivity index is 1.78. The summed E-state index contributed by atoms with van der Waals surface area (Å²) in [4.78, 5) is 13.5. The van der Waals surface area contributed by atoms with Crippen LogP contribution in [0.25, 0.3) is 0 Å². The highest BCUT2D eigenvalue weighted by Gasteiger charge is 2.41. The maximum absolute atomic E-state index is 12.4. The summed E-state index contributed by atoms with van der Waals surface area (Å²) < 4.78 is 27.2. The average molecular weight is 371 g/mol. The van der Waals surface area contributed by atoms with E-state index in [1.807, 2.05) is 18.2 Å². The van der Waals surface area contributed by atoms with Crippen LogP contribution in [0.3, 0.4) is 0 Å². The molecule has 1 fully saturated rings. The van der Waals surface area contributed by atoms with Crippen molar-refractivity contribution in [1.29, 1.82) is 0 Å². The van der Waals surface area contributed by atoms with E-state index in [2.05, 4.69) is 4.72 Å². The molecule has 23 heavy (non-hydrogen) atoms. The van der Waals surface area contributed by atoms with Crippen LogP contribution in [-0.2, 0) is 14.8 Å². The zero-order chi connectivity index (χ0) is 16.6. The summed E-state index contributed by atoms with van der Waals surface area (Å²) in [6, 6.07) is 12.6. The lowest BCUT2D eigenvalue weighted by atomic mass is 10.1. The minimum absolute atomic E-state index is 0.0108. The van der Waals surface area contributed by atoms with Gasteiger partial charge in [0.1, 0.15) is 10.9 Å². The first-order valence-corrected chi connectivity index (χ1v) is 8.97. The lowest BCUT2D eigenvalue weighted by molar-refractivity contribution is -0.124. The van der Waals surface area contributed by atoms with Gasteiger partial charge < -0.3 is 4.90 Å². The molecule has 1 N–H and O–H groups in total. The van der Waals surface area contributed by atoms with Gasteiger partial charge in [-0.05, 0) is 24.3 Å². The summed E-state index contributed by atoms with van der Waals surface area (Å²) >= 11 is 11.8. The molecular weight excluding hydrogens is 359 g/mol. The van der Waals surface area contributed by atoms with Crippen LogP contribution in [0.4, 0.5) is 5.69 Å². The Hall–Kier alpha value is -1.60. The number of para-hydroxylation sites is 1. The lowest BCUT2D eigenvalue weighted by Gasteiger charge is -2.38. The molecule has 1 amide bonds. The van der Waals surface area contributed by atoms with Gasteiger partial charge in [0.25, 0.3) is 0 Å². The SMILES string of the molecule is O=C1C(NS(=O)(=O)c2c(Cl)cccc2Cl)CN1c1ccccc1. The largest absolute Gasteiger partial charge is 0.309 e. The van der Waals surface area contributed by atoms with Gasteiger partial charge in [-0.1, -0.05) is 47.5 Å². The molecule has 5 nitrogen and oxygen atoms in total. The topological polar surface area (TPSA) is 66.5 Å². The summed E-state index contributed by atoms with van der Waals surface area (Å²) in [5.41, 5.74) is 0.726. The van der Waals surface area contributed by atoms with E-state index in [4.69, 9.17) is 23.2 Å². The van der Waals surface area contributed by atoms with E-state index in [9.17, 15) is 13.2 Å². The van der Waals surface area contributed by atoms with E-state index in [0.717, 1.165) is 5.69 Å². The van der Waals surface area contributed by atoms with E-state index in [1.165, 1.54) is 17.0 Å². The predicted octanol–water partition coefficient (Wildman–Crippen LogP) is 2.69. The maximum atomic E-state index is 12.4. The summed E-state index contributed by atoms with van der Waals surface area (Å²) in [5, 5.41) is 0.0216. The van der Waals surface area contributed by atoms with Crippen LogP contribution in [0.1, 0.15) is 0 Å². The van der Waals surface area contributed by atoms with Gasteiger partial charge in [-0.15, -0.1) is 0 Å². The molecule has 1 aliphatic rings. The fraction of sp³-hybridized carbons (Fsp3) is 0.133. The van der Waals surface area contributed by atoms with Crippen LogP contribution < -0.4 is 9.62 Å². The molecule has 2 aromatic carbocycles. The van der Waals surface area contributed by atoms with Crippen LogP contribution in [0.15, 0.2) is 53.4 Å². The van der Waals surface area contributed by atoms with Crippen molar-refractivity contribution in [3.8, 4) is 0 Å². The van der Waals surface area contributed by atoms with Gasteiger partial charge in [0, 0.05) is 5.69 Å². The molecule has 0 radical (unpaired) electrons. The van der Waals surface area contributed by atoms with Crippen LogP contribution in [0, 0.1) is 0 Å². The average Bonchev–Trinajstić information content (AvgIpc) is 2.51. The molecule has 1 unspecified atom stereocenters. The Morgan fingerprint density at radius 1 is 1.00 bits per heavy atom. The second-order valence-electron chi connectivity index (χ2n) is 5.01. The minimum atomic E-state index is -3.98. The number of hydrogen-bond acceptors (Lipinski definition) is 3. The van der Waals surface area contributed by atoms with Crippen molar-refractivity contribution in [1.82, 2.24) is 4.72 Å². The highest BCUT2D eigenvalue weighted by atomic mass is 35.5. The Bertz CT molecular complexity index is 836. The first-order chi connectivity index (χ1) is 10.9. The number of rotatable bonds is 4. The standard InChI is InChI=1S/C15H12Cl2N2O3S/c16-11-7-4-8-12(17)14(11)23(21,22)18-13-9-19(15(13)20)10-5-2-1-3-6-10/h1-8,13,18H,9H2. The molecule has 0 aromatic heterocycles. The maximum Gasteiger partial charge on any atom is 0.247 e. The quantitative estimate of drug-likeness (QED) is 0.841. The van der Waals surface area contributed by atoms with Crippen LogP contribution in [-0.4, -0.2) is 26.9 Å². The second-order valence-corrected chi connectivity index (χ2v) is 7.47. The molecule has 0 spiro atoms. The van der Waals surface area contributed by atoms with Gasteiger partial charge in [-0.2, -0.15) is 4.72 Å². The highest BCUT2D eigenvalue weighted by molar-refractivity contribution is 7.89. The van der Waals surface area contributed by atoms with Crippen LogP contribution in [0.5, 0.6) is 0 Å².